The summed E-state index contributed by atoms with van der Waals surface area (Å²) < 4.78 is 0.799. The molecule has 0 radical (unpaired) electrons. The molecule has 96 valence electrons. The normalized spacial score (nSPS) is 10.0. The summed E-state index contributed by atoms with van der Waals surface area (Å²) in [5, 5.41) is 2.69. The van der Waals surface area contributed by atoms with Crippen LogP contribution in [0.15, 0.2) is 47.1 Å². The number of nitrogens with one attached hydrogen (secondary N) is 1. The monoisotopic (exact) mass is 318 g/mol. The van der Waals surface area contributed by atoms with Gasteiger partial charge in [-0.15, -0.1) is 0 Å². The molecule has 0 unspecified atom stereocenters. The van der Waals surface area contributed by atoms with E-state index in [2.05, 4.69) is 26.2 Å². The fourth-order valence-electron chi connectivity index (χ4n) is 1.60. The van der Waals surface area contributed by atoms with Gasteiger partial charge in [0.05, 0.1) is 5.69 Å². The smallest absolute Gasteiger partial charge is 0.274 e. The predicted octanol–water partition coefficient (Wildman–Crippen LogP) is 3.30. The third-order valence-electron chi connectivity index (χ3n) is 2.51. The molecule has 5 heteroatoms. The minimum absolute atomic E-state index is 0.0975. The molecule has 0 saturated carbocycles. The molecule has 0 aliphatic rings. The van der Waals surface area contributed by atoms with Crippen LogP contribution in [0.5, 0.6) is 0 Å². The van der Waals surface area contributed by atoms with Crippen molar-refractivity contribution in [2.75, 3.05) is 5.32 Å². The van der Waals surface area contributed by atoms with Gasteiger partial charge in [-0.05, 0) is 47.1 Å². The van der Waals surface area contributed by atoms with E-state index in [0.29, 0.717) is 16.9 Å². The van der Waals surface area contributed by atoms with Crippen LogP contribution < -0.4 is 5.32 Å². The van der Waals surface area contributed by atoms with Crippen molar-refractivity contribution in [3.05, 3.63) is 58.3 Å². The van der Waals surface area contributed by atoms with Crippen LogP contribution >= 0.6 is 15.9 Å². The number of para-hydroxylation sites is 1. The molecule has 0 atom stereocenters. The van der Waals surface area contributed by atoms with Gasteiger partial charge in [0.15, 0.2) is 5.78 Å². The second kappa shape index (κ2) is 5.75. The van der Waals surface area contributed by atoms with Gasteiger partial charge in [-0.25, -0.2) is 4.98 Å². The third kappa shape index (κ3) is 3.26. The number of benzene rings is 1. The average Bonchev–Trinajstić information content (AvgIpc) is 2.39. The van der Waals surface area contributed by atoms with E-state index in [1.54, 1.807) is 42.6 Å². The Balaban J connectivity index is 2.24. The lowest BCUT2D eigenvalue weighted by Crippen LogP contribution is -2.15. The average molecular weight is 319 g/mol. The van der Waals surface area contributed by atoms with Gasteiger partial charge in [0.25, 0.3) is 5.91 Å². The van der Waals surface area contributed by atoms with Crippen molar-refractivity contribution in [3.63, 3.8) is 0 Å². The Hall–Kier alpha value is -2.01. The SMILES string of the molecule is CC(=O)c1ccccc1NC(=O)c1ccc(Br)cn1. The maximum Gasteiger partial charge on any atom is 0.274 e. The molecule has 0 fully saturated rings. The summed E-state index contributed by atoms with van der Waals surface area (Å²) in [4.78, 5) is 27.5. The van der Waals surface area contributed by atoms with E-state index < -0.39 is 0 Å². The van der Waals surface area contributed by atoms with E-state index in [-0.39, 0.29) is 11.7 Å². The minimum atomic E-state index is -0.346. The van der Waals surface area contributed by atoms with Gasteiger partial charge in [0, 0.05) is 16.2 Å². The van der Waals surface area contributed by atoms with Crippen molar-refractivity contribution < 1.29 is 9.59 Å². The number of anilines is 1. The maximum absolute atomic E-state index is 12.0. The van der Waals surface area contributed by atoms with Crippen LogP contribution in [-0.4, -0.2) is 16.7 Å². The molecule has 0 aliphatic heterocycles. The first kappa shape index (κ1) is 13.4. The minimum Gasteiger partial charge on any atom is -0.320 e. The maximum atomic E-state index is 12.0. The standard InChI is InChI=1S/C14H11BrN2O2/c1-9(18)11-4-2-3-5-12(11)17-14(19)13-7-6-10(15)8-16-13/h2-8H,1H3,(H,17,19). The van der Waals surface area contributed by atoms with Gasteiger partial charge in [-0.2, -0.15) is 0 Å². The Morgan fingerprint density at radius 2 is 1.89 bits per heavy atom. The molecule has 0 aliphatic carbocycles. The van der Waals surface area contributed by atoms with Gasteiger partial charge in [-0.3, -0.25) is 9.59 Å². The lowest BCUT2D eigenvalue weighted by molar-refractivity contribution is 0.101. The second-order valence-corrected chi connectivity index (χ2v) is 4.83. The Bertz CT molecular complexity index is 624. The molecule has 0 bridgehead atoms. The summed E-state index contributed by atoms with van der Waals surface area (Å²) in [6.45, 7) is 1.46. The van der Waals surface area contributed by atoms with Crippen LogP contribution in [0.25, 0.3) is 0 Å². The molecule has 0 spiro atoms. The Labute approximate surface area is 119 Å². The second-order valence-electron chi connectivity index (χ2n) is 3.92. The van der Waals surface area contributed by atoms with Gasteiger partial charge >= 0.3 is 0 Å². The molecule has 2 rings (SSSR count). The van der Waals surface area contributed by atoms with Crippen LogP contribution in [0.3, 0.4) is 0 Å². The summed E-state index contributed by atoms with van der Waals surface area (Å²) in [6, 6.07) is 10.2. The lowest BCUT2D eigenvalue weighted by Gasteiger charge is -2.08. The number of rotatable bonds is 3. The van der Waals surface area contributed by atoms with E-state index in [1.165, 1.54) is 6.92 Å². The molecule has 1 aromatic heterocycles. The first-order valence-corrected chi connectivity index (χ1v) is 6.40. The van der Waals surface area contributed by atoms with E-state index in [9.17, 15) is 9.59 Å². The zero-order chi connectivity index (χ0) is 13.8. The molecule has 4 nitrogen and oxygen atoms in total. The number of hydrogen-bond acceptors (Lipinski definition) is 3. The number of amides is 1. The largest absolute Gasteiger partial charge is 0.320 e. The number of carbonyl (C=O) groups excluding carboxylic acids is 2. The van der Waals surface area contributed by atoms with Gasteiger partial charge < -0.3 is 5.32 Å². The highest BCUT2D eigenvalue weighted by Gasteiger charge is 2.11. The number of ketones is 1. The number of aromatic nitrogens is 1. The molecule has 19 heavy (non-hydrogen) atoms. The number of pyridine rings is 1. The predicted molar refractivity (Wildman–Crippen MR) is 76.3 cm³/mol. The lowest BCUT2D eigenvalue weighted by atomic mass is 10.1. The molecule has 0 saturated heterocycles. The molecule has 1 aromatic carbocycles. The van der Waals surface area contributed by atoms with Crippen molar-refractivity contribution in [1.29, 1.82) is 0 Å². The van der Waals surface area contributed by atoms with Gasteiger partial charge in [-0.1, -0.05) is 12.1 Å². The first-order valence-electron chi connectivity index (χ1n) is 5.61. The van der Waals surface area contributed by atoms with Crippen LogP contribution in [0, 0.1) is 0 Å². The molecular formula is C14H11BrN2O2. The van der Waals surface area contributed by atoms with Gasteiger partial charge in [0.1, 0.15) is 5.69 Å². The Morgan fingerprint density at radius 3 is 2.53 bits per heavy atom. The highest BCUT2D eigenvalue weighted by molar-refractivity contribution is 9.10. The van der Waals surface area contributed by atoms with E-state index >= 15 is 0 Å². The van der Waals surface area contributed by atoms with Crippen LogP contribution in [0.2, 0.25) is 0 Å². The topological polar surface area (TPSA) is 59.1 Å². The molecule has 1 N–H and O–H groups in total. The fourth-order valence-corrected chi connectivity index (χ4v) is 1.83. The van der Waals surface area contributed by atoms with Crippen molar-refractivity contribution in [1.82, 2.24) is 4.98 Å². The first-order chi connectivity index (χ1) is 9.08. The van der Waals surface area contributed by atoms with Crippen LogP contribution in [0.4, 0.5) is 5.69 Å². The van der Waals surface area contributed by atoms with Crippen LogP contribution in [-0.2, 0) is 0 Å². The number of halogens is 1. The number of nitrogens with zero attached hydrogens (tertiary/aromatic N) is 1. The molecular weight excluding hydrogens is 308 g/mol. The van der Waals surface area contributed by atoms with E-state index in [1.807, 2.05) is 0 Å². The van der Waals surface area contributed by atoms with E-state index in [0.717, 1.165) is 4.47 Å². The molecule has 2 aromatic rings. The van der Waals surface area contributed by atoms with Crippen molar-refractivity contribution >= 4 is 33.3 Å². The van der Waals surface area contributed by atoms with E-state index in [4.69, 9.17) is 0 Å². The highest BCUT2D eigenvalue weighted by atomic mass is 79.9. The molecule has 1 amide bonds. The molecule has 1 heterocycles. The summed E-state index contributed by atoms with van der Waals surface area (Å²) >= 11 is 3.25. The highest BCUT2D eigenvalue weighted by Crippen LogP contribution is 2.16. The summed E-state index contributed by atoms with van der Waals surface area (Å²) in [6.07, 6.45) is 1.55. The third-order valence-corrected chi connectivity index (χ3v) is 2.98. The number of hydrogen-bond donors (Lipinski definition) is 1. The Kier molecular flexibility index (Phi) is 4.06. The summed E-state index contributed by atoms with van der Waals surface area (Å²) in [5.74, 6) is -0.444. The van der Waals surface area contributed by atoms with Gasteiger partial charge in [0.2, 0.25) is 0 Å². The quantitative estimate of drug-likeness (QED) is 0.883. The zero-order valence-electron chi connectivity index (χ0n) is 10.2. The van der Waals surface area contributed by atoms with Crippen molar-refractivity contribution in [2.24, 2.45) is 0 Å². The van der Waals surface area contributed by atoms with Crippen LogP contribution in [0.1, 0.15) is 27.8 Å². The fraction of sp³-hybridized carbons (Fsp3) is 0.0714. The number of Topliss-reactive ketones (excluding diaryl/α,β-unsaturated/α-hetero) is 1. The zero-order valence-corrected chi connectivity index (χ0v) is 11.8. The summed E-state index contributed by atoms with van der Waals surface area (Å²) in [7, 11) is 0. The summed E-state index contributed by atoms with van der Waals surface area (Å²) in [5.41, 5.74) is 1.26. The van der Waals surface area contributed by atoms with Crippen molar-refractivity contribution in [3.8, 4) is 0 Å². The van der Waals surface area contributed by atoms with Crippen molar-refractivity contribution in [2.45, 2.75) is 6.92 Å². The number of carbonyl (C=O) groups is 2. The Morgan fingerprint density at radius 1 is 1.16 bits per heavy atom.